The van der Waals surface area contributed by atoms with E-state index >= 15 is 0 Å². The molecular formula is C16H31N3O. The van der Waals surface area contributed by atoms with Gasteiger partial charge in [-0.15, -0.1) is 0 Å². The minimum Gasteiger partial charge on any atom is -0.356 e. The number of nitrogens with one attached hydrogen (secondary N) is 1. The SMILES string of the molecule is CN1CCC(C)(CNC(=O)CC2CCCC(N)C2)CC1. The number of carbonyl (C=O) groups is 1. The van der Waals surface area contributed by atoms with Crippen LogP contribution in [0, 0.1) is 11.3 Å². The smallest absolute Gasteiger partial charge is 0.220 e. The normalized spacial score (nSPS) is 30.9. The lowest BCUT2D eigenvalue weighted by molar-refractivity contribution is -0.122. The highest BCUT2D eigenvalue weighted by molar-refractivity contribution is 5.76. The quantitative estimate of drug-likeness (QED) is 0.825. The summed E-state index contributed by atoms with van der Waals surface area (Å²) in [4.78, 5) is 14.5. The molecule has 1 heterocycles. The van der Waals surface area contributed by atoms with Crippen molar-refractivity contribution in [2.45, 2.75) is 57.9 Å². The summed E-state index contributed by atoms with van der Waals surface area (Å²) in [5, 5.41) is 3.17. The van der Waals surface area contributed by atoms with E-state index in [1.165, 1.54) is 25.7 Å². The van der Waals surface area contributed by atoms with Gasteiger partial charge in [0.05, 0.1) is 0 Å². The molecule has 0 bridgehead atoms. The van der Waals surface area contributed by atoms with E-state index in [-0.39, 0.29) is 11.3 Å². The van der Waals surface area contributed by atoms with Crippen molar-refractivity contribution in [2.75, 3.05) is 26.7 Å². The molecule has 1 amide bonds. The first kappa shape index (κ1) is 15.8. The van der Waals surface area contributed by atoms with Crippen molar-refractivity contribution >= 4 is 5.91 Å². The summed E-state index contributed by atoms with van der Waals surface area (Å²) in [6, 6.07) is 0.313. The van der Waals surface area contributed by atoms with Gasteiger partial charge in [-0.05, 0) is 63.6 Å². The van der Waals surface area contributed by atoms with E-state index in [4.69, 9.17) is 5.73 Å². The second-order valence-corrected chi connectivity index (χ2v) is 7.39. The Morgan fingerprint density at radius 3 is 2.70 bits per heavy atom. The molecule has 2 unspecified atom stereocenters. The fourth-order valence-electron chi connectivity index (χ4n) is 3.50. The Morgan fingerprint density at radius 1 is 1.35 bits per heavy atom. The number of piperidine rings is 1. The first-order chi connectivity index (χ1) is 9.47. The molecule has 0 radical (unpaired) electrons. The van der Waals surface area contributed by atoms with Gasteiger partial charge in [0.1, 0.15) is 0 Å². The van der Waals surface area contributed by atoms with Gasteiger partial charge in [-0.25, -0.2) is 0 Å². The molecule has 2 rings (SSSR count). The third-order valence-electron chi connectivity index (χ3n) is 5.20. The Balaban J connectivity index is 1.69. The van der Waals surface area contributed by atoms with E-state index < -0.39 is 0 Å². The van der Waals surface area contributed by atoms with E-state index in [1.807, 2.05) is 0 Å². The van der Waals surface area contributed by atoms with Crippen LogP contribution in [0.25, 0.3) is 0 Å². The van der Waals surface area contributed by atoms with Crippen LogP contribution < -0.4 is 11.1 Å². The zero-order valence-electron chi connectivity index (χ0n) is 13.2. The molecule has 0 aromatic rings. The van der Waals surface area contributed by atoms with Crippen molar-refractivity contribution in [3.63, 3.8) is 0 Å². The molecule has 20 heavy (non-hydrogen) atoms. The lowest BCUT2D eigenvalue weighted by atomic mass is 9.80. The standard InChI is InChI=1S/C16H31N3O/c1-16(6-8-19(2)9-7-16)12-18-15(20)11-13-4-3-5-14(17)10-13/h13-14H,3-12,17H2,1-2H3,(H,18,20). The van der Waals surface area contributed by atoms with Crippen molar-refractivity contribution in [1.82, 2.24) is 10.2 Å². The predicted octanol–water partition coefficient (Wildman–Crippen LogP) is 1.74. The van der Waals surface area contributed by atoms with Crippen molar-refractivity contribution < 1.29 is 4.79 Å². The minimum absolute atomic E-state index is 0.226. The average Bonchev–Trinajstić information content (AvgIpc) is 2.41. The molecule has 3 N–H and O–H groups in total. The van der Waals surface area contributed by atoms with Crippen LogP contribution in [0.5, 0.6) is 0 Å². The number of rotatable bonds is 4. The molecule has 2 atom stereocenters. The second-order valence-electron chi connectivity index (χ2n) is 7.39. The second kappa shape index (κ2) is 6.90. The van der Waals surface area contributed by atoms with Crippen LogP contribution in [0.2, 0.25) is 0 Å². The Kier molecular flexibility index (Phi) is 5.44. The number of hydrogen-bond donors (Lipinski definition) is 2. The predicted molar refractivity (Wildman–Crippen MR) is 82.4 cm³/mol. The fraction of sp³-hybridized carbons (Fsp3) is 0.938. The molecule has 4 nitrogen and oxygen atoms in total. The van der Waals surface area contributed by atoms with Gasteiger partial charge in [0, 0.05) is 19.0 Å². The highest BCUT2D eigenvalue weighted by Crippen LogP contribution is 2.30. The van der Waals surface area contributed by atoms with Crippen molar-refractivity contribution in [2.24, 2.45) is 17.1 Å². The van der Waals surface area contributed by atoms with E-state index in [2.05, 4.69) is 24.2 Å². The lowest BCUT2D eigenvalue weighted by Gasteiger charge is -2.38. The van der Waals surface area contributed by atoms with Gasteiger partial charge in [0.2, 0.25) is 5.91 Å². The van der Waals surface area contributed by atoms with Crippen molar-refractivity contribution in [1.29, 1.82) is 0 Å². The summed E-state index contributed by atoms with van der Waals surface area (Å²) in [5.41, 5.74) is 6.27. The van der Waals surface area contributed by atoms with Gasteiger partial charge < -0.3 is 16.0 Å². The number of carbonyl (C=O) groups excluding carboxylic acids is 1. The van der Waals surface area contributed by atoms with E-state index in [1.54, 1.807) is 0 Å². The Bertz CT molecular complexity index is 324. The summed E-state index contributed by atoms with van der Waals surface area (Å²) in [6.45, 7) is 5.42. The summed E-state index contributed by atoms with van der Waals surface area (Å²) in [6.07, 6.45) is 7.53. The molecule has 0 spiro atoms. The third-order valence-corrected chi connectivity index (χ3v) is 5.20. The number of nitrogens with zero attached hydrogens (tertiary/aromatic N) is 1. The molecule has 1 saturated heterocycles. The molecule has 4 heteroatoms. The van der Waals surface area contributed by atoms with Crippen LogP contribution in [0.4, 0.5) is 0 Å². The van der Waals surface area contributed by atoms with Crippen LogP contribution in [-0.4, -0.2) is 43.5 Å². The summed E-state index contributed by atoms with van der Waals surface area (Å²) in [5.74, 6) is 0.730. The van der Waals surface area contributed by atoms with Crippen molar-refractivity contribution in [3.05, 3.63) is 0 Å². The largest absolute Gasteiger partial charge is 0.356 e. The van der Waals surface area contributed by atoms with E-state index in [9.17, 15) is 4.79 Å². The molecule has 0 aromatic carbocycles. The highest BCUT2D eigenvalue weighted by Gasteiger charge is 2.29. The number of amides is 1. The maximum Gasteiger partial charge on any atom is 0.220 e. The highest BCUT2D eigenvalue weighted by atomic mass is 16.1. The molecule has 1 saturated carbocycles. The minimum atomic E-state index is 0.226. The maximum atomic E-state index is 12.1. The van der Waals surface area contributed by atoms with Gasteiger partial charge in [0.15, 0.2) is 0 Å². The van der Waals surface area contributed by atoms with Gasteiger partial charge in [-0.2, -0.15) is 0 Å². The summed E-state index contributed by atoms with van der Waals surface area (Å²) >= 11 is 0. The van der Waals surface area contributed by atoms with Crippen molar-refractivity contribution in [3.8, 4) is 0 Å². The maximum absolute atomic E-state index is 12.1. The molecule has 0 aromatic heterocycles. The third kappa shape index (κ3) is 4.74. The lowest BCUT2D eigenvalue weighted by Crippen LogP contribution is -2.44. The van der Waals surface area contributed by atoms with Crippen LogP contribution in [0.3, 0.4) is 0 Å². The number of nitrogens with two attached hydrogens (primary N) is 1. The van der Waals surface area contributed by atoms with Gasteiger partial charge in [-0.1, -0.05) is 13.3 Å². The number of likely N-dealkylation sites (tertiary alicyclic amines) is 1. The first-order valence-electron chi connectivity index (χ1n) is 8.18. The summed E-state index contributed by atoms with van der Waals surface area (Å²) < 4.78 is 0. The first-order valence-corrected chi connectivity index (χ1v) is 8.18. The molecule has 2 fully saturated rings. The van der Waals surface area contributed by atoms with Gasteiger partial charge in [0.25, 0.3) is 0 Å². The van der Waals surface area contributed by atoms with Gasteiger partial charge >= 0.3 is 0 Å². The van der Waals surface area contributed by atoms with Gasteiger partial charge in [-0.3, -0.25) is 4.79 Å². The van der Waals surface area contributed by atoms with E-state index in [0.29, 0.717) is 18.4 Å². The molecule has 2 aliphatic rings. The molecule has 1 aliphatic heterocycles. The fourth-order valence-corrected chi connectivity index (χ4v) is 3.50. The van der Waals surface area contributed by atoms with Crippen LogP contribution in [0.1, 0.15) is 51.9 Å². The van der Waals surface area contributed by atoms with Crippen LogP contribution >= 0.6 is 0 Å². The van der Waals surface area contributed by atoms with Crippen LogP contribution in [0.15, 0.2) is 0 Å². The van der Waals surface area contributed by atoms with E-state index in [0.717, 1.165) is 32.5 Å². The zero-order chi connectivity index (χ0) is 14.6. The molecule has 116 valence electrons. The Labute approximate surface area is 123 Å². The zero-order valence-corrected chi connectivity index (χ0v) is 13.2. The molecular weight excluding hydrogens is 250 g/mol. The monoisotopic (exact) mass is 281 g/mol. The van der Waals surface area contributed by atoms with Crippen LogP contribution in [-0.2, 0) is 4.79 Å². The topological polar surface area (TPSA) is 58.4 Å². The Hall–Kier alpha value is -0.610. The molecule has 1 aliphatic carbocycles. The average molecular weight is 281 g/mol. The number of hydrogen-bond acceptors (Lipinski definition) is 3. The summed E-state index contributed by atoms with van der Waals surface area (Å²) in [7, 11) is 2.17. The Morgan fingerprint density at radius 2 is 2.05 bits per heavy atom.